The van der Waals surface area contributed by atoms with E-state index in [0.29, 0.717) is 41.0 Å². The molecule has 0 saturated heterocycles. The van der Waals surface area contributed by atoms with E-state index in [2.05, 4.69) is 12.1 Å². The minimum Gasteiger partial charge on any atom is -0.508 e. The molecule has 8 atom stereocenters. The number of ether oxygens (including phenoxy) is 3. The molecule has 5 aliphatic rings. The molecule has 308 valence electrons. The molecule has 0 aromatic heterocycles. The zero-order chi connectivity index (χ0) is 42.1. The number of benzene rings is 4. The van der Waals surface area contributed by atoms with E-state index in [0.717, 1.165) is 24.0 Å². The Labute approximate surface area is 336 Å². The number of hydrogen-bond donors (Lipinski definition) is 9. The Morgan fingerprint density at radius 3 is 2.25 bits per heavy atom. The summed E-state index contributed by atoms with van der Waals surface area (Å²) in [7, 11) is 0. The first-order valence-electron chi connectivity index (χ1n) is 19.1. The molecule has 2 unspecified atom stereocenters. The molecule has 9 rings (SSSR count). The van der Waals surface area contributed by atoms with Crippen LogP contribution in [0.1, 0.15) is 93.5 Å². The fourth-order valence-electron chi connectivity index (χ4n) is 10.0. The van der Waals surface area contributed by atoms with E-state index in [1.807, 2.05) is 6.07 Å². The van der Waals surface area contributed by atoms with Gasteiger partial charge in [-0.25, -0.2) is 9.59 Å². The van der Waals surface area contributed by atoms with Crippen LogP contribution in [0.5, 0.6) is 28.7 Å². The predicted molar refractivity (Wildman–Crippen MR) is 207 cm³/mol. The van der Waals surface area contributed by atoms with Crippen LogP contribution in [0, 0.1) is 17.3 Å². The number of aliphatic hydroxyl groups is 2. The third-order valence-corrected chi connectivity index (χ3v) is 12.8. The van der Waals surface area contributed by atoms with Crippen molar-refractivity contribution in [2.45, 2.75) is 75.0 Å². The van der Waals surface area contributed by atoms with Crippen molar-refractivity contribution in [1.82, 2.24) is 0 Å². The van der Waals surface area contributed by atoms with Crippen LogP contribution in [0.3, 0.4) is 0 Å². The summed E-state index contributed by atoms with van der Waals surface area (Å²) in [6.07, 6.45) is 0.0186. The minimum absolute atomic E-state index is 0.0325. The Morgan fingerprint density at radius 1 is 0.949 bits per heavy atom. The van der Waals surface area contributed by atoms with Gasteiger partial charge in [0.2, 0.25) is 0 Å². The smallest absolute Gasteiger partial charge is 0.341 e. The number of carboxylic acid groups (broad SMARTS) is 2. The van der Waals surface area contributed by atoms with Gasteiger partial charge in [0.1, 0.15) is 28.7 Å². The highest BCUT2D eigenvalue weighted by Crippen LogP contribution is 2.61. The molecule has 0 bridgehead atoms. The topological polar surface area (TPSA) is 285 Å². The molecular formula is C43H43N3O13. The number of carbonyl (C=O) groups is 3. The van der Waals surface area contributed by atoms with Gasteiger partial charge in [-0.2, -0.15) is 0 Å². The summed E-state index contributed by atoms with van der Waals surface area (Å²) in [5, 5.41) is 72.3. The Balaban J connectivity index is 0.000000165. The normalized spacial score (nSPS) is 26.9. The number of oxime groups is 1. The quantitative estimate of drug-likeness (QED) is 0.0567. The number of aromatic carboxylic acids is 1. The van der Waals surface area contributed by atoms with Gasteiger partial charge in [-0.3, -0.25) is 10.5 Å². The molecule has 2 saturated carbocycles. The van der Waals surface area contributed by atoms with Crippen LogP contribution < -0.4 is 20.9 Å². The molecule has 2 fully saturated rings. The number of phenolic OH excluding ortho intramolecular Hbond substituents is 2. The Hall–Kier alpha value is -6.20. The number of aliphatic hydroxyl groups excluding tert-OH is 2. The largest absolute Gasteiger partial charge is 0.508 e. The van der Waals surface area contributed by atoms with Gasteiger partial charge < -0.3 is 55.8 Å². The number of rotatable bonds is 6. The van der Waals surface area contributed by atoms with Crippen LogP contribution in [-0.4, -0.2) is 83.9 Å². The molecule has 16 heteroatoms. The maximum Gasteiger partial charge on any atom is 0.341 e. The highest BCUT2D eigenvalue weighted by atomic mass is 16.6. The van der Waals surface area contributed by atoms with Gasteiger partial charge in [0.25, 0.3) is 0 Å². The number of carboxylic acids is 2. The second-order valence-electron chi connectivity index (χ2n) is 16.1. The van der Waals surface area contributed by atoms with Crippen LogP contribution in [0.2, 0.25) is 0 Å². The molecule has 3 aliphatic carbocycles. The van der Waals surface area contributed by atoms with Gasteiger partial charge in [-0.15, -0.1) is 0 Å². The first kappa shape index (κ1) is 39.6. The first-order valence-corrected chi connectivity index (χ1v) is 19.1. The third-order valence-electron chi connectivity index (χ3n) is 12.8. The average Bonchev–Trinajstić information content (AvgIpc) is 3.62. The van der Waals surface area contributed by atoms with Gasteiger partial charge in [-0.05, 0) is 96.9 Å². The van der Waals surface area contributed by atoms with Crippen molar-refractivity contribution >= 4 is 23.6 Å². The third kappa shape index (κ3) is 6.39. The molecule has 4 aromatic carbocycles. The molecular weight excluding hydrogens is 766 g/mol. The molecule has 59 heavy (non-hydrogen) atoms. The Kier molecular flexibility index (Phi) is 9.78. The van der Waals surface area contributed by atoms with E-state index in [4.69, 9.17) is 30.8 Å². The van der Waals surface area contributed by atoms with Crippen molar-refractivity contribution in [1.29, 1.82) is 0 Å². The molecule has 0 radical (unpaired) electrons. The minimum atomic E-state index is -1.46. The molecule has 2 aliphatic heterocycles. The summed E-state index contributed by atoms with van der Waals surface area (Å²) < 4.78 is 17.3. The molecule has 4 aromatic rings. The second kappa shape index (κ2) is 14.6. The van der Waals surface area contributed by atoms with Crippen molar-refractivity contribution in [2.24, 2.45) is 33.9 Å². The monoisotopic (exact) mass is 809 g/mol. The van der Waals surface area contributed by atoms with Crippen molar-refractivity contribution in [3.8, 4) is 28.7 Å². The lowest BCUT2D eigenvalue weighted by atomic mass is 9.55. The summed E-state index contributed by atoms with van der Waals surface area (Å²) in [5.74, 6) is -1.73. The van der Waals surface area contributed by atoms with Crippen molar-refractivity contribution in [2.75, 3.05) is 0 Å². The van der Waals surface area contributed by atoms with Crippen LogP contribution >= 0.6 is 0 Å². The van der Waals surface area contributed by atoms with E-state index >= 15 is 0 Å². The predicted octanol–water partition coefficient (Wildman–Crippen LogP) is 4.34. The number of hydrogen-bond acceptors (Lipinski definition) is 14. The summed E-state index contributed by atoms with van der Waals surface area (Å²) >= 11 is 0. The van der Waals surface area contributed by atoms with Crippen LogP contribution in [0.25, 0.3) is 0 Å². The van der Waals surface area contributed by atoms with Gasteiger partial charge in [0.15, 0.2) is 11.8 Å². The van der Waals surface area contributed by atoms with Crippen LogP contribution in [0.15, 0.2) is 78.0 Å². The molecule has 0 amide bonds. The van der Waals surface area contributed by atoms with Crippen molar-refractivity contribution in [3.05, 3.63) is 112 Å². The van der Waals surface area contributed by atoms with E-state index in [9.17, 15) is 45.1 Å². The lowest BCUT2D eigenvalue weighted by molar-refractivity contribution is -0.137. The number of phenols is 2. The number of esters is 1. The zero-order valence-corrected chi connectivity index (χ0v) is 31.7. The van der Waals surface area contributed by atoms with Gasteiger partial charge in [0, 0.05) is 34.4 Å². The van der Waals surface area contributed by atoms with Gasteiger partial charge in [0.05, 0.1) is 41.5 Å². The molecule has 1 spiro atoms. The number of aliphatic carboxylic acids is 1. The number of nitrogens with two attached hydrogens (primary N) is 2. The van der Waals surface area contributed by atoms with E-state index in [-0.39, 0.29) is 63.7 Å². The van der Waals surface area contributed by atoms with Crippen molar-refractivity contribution in [3.63, 3.8) is 0 Å². The summed E-state index contributed by atoms with van der Waals surface area (Å²) in [4.78, 5) is 35.3. The summed E-state index contributed by atoms with van der Waals surface area (Å²) in [5.41, 5.74) is 13.3. The van der Waals surface area contributed by atoms with Gasteiger partial charge >= 0.3 is 17.9 Å². The Morgan fingerprint density at radius 2 is 1.63 bits per heavy atom. The average molecular weight is 810 g/mol. The molecule has 16 nitrogen and oxygen atoms in total. The standard InChI is InChI=1S/C22H31N3O6.C21H12O7/c1-22-5-4-12-11-3-2-10(31-21(24)16(23)9-19(27)28)6-14(11)17(25-30)7-13(12)15(22)8-18(26)20(22)29;22-10-4-6-13-16(8-10)27-17-9-11(23)5-7-14(17)21(13)15-3-1-2-12(19(24)25)18(15)20(26)28-21/h2-3,6,12-13,15-16,18,20-21,26,29-30H,4-5,7-9,23-24H2,1H3,(H,27,28);1-9,22-23H,(H,24,25)/t12-,13-,15+,16?,18-,20+,21?,22+;/m1./s1. The molecule has 11 N–H and O–H groups in total. The number of fused-ring (bicyclic) bond motifs is 11. The number of nitrogens with zero attached hydrogens (tertiary/aromatic N) is 1. The fraction of sp³-hybridized carbons (Fsp3) is 0.349. The lowest BCUT2D eigenvalue weighted by Gasteiger charge is -2.49. The first-order chi connectivity index (χ1) is 28.1. The maximum atomic E-state index is 12.8. The van der Waals surface area contributed by atoms with E-state index < -0.39 is 48.0 Å². The van der Waals surface area contributed by atoms with Gasteiger partial charge in [-0.1, -0.05) is 30.3 Å². The second-order valence-corrected chi connectivity index (χ2v) is 16.1. The molecule has 2 heterocycles. The fourth-order valence-corrected chi connectivity index (χ4v) is 10.0. The highest BCUT2D eigenvalue weighted by molar-refractivity contribution is 6.07. The number of aromatic hydroxyl groups is 2. The summed E-state index contributed by atoms with van der Waals surface area (Å²) in [6.45, 7) is 2.05. The van der Waals surface area contributed by atoms with Crippen molar-refractivity contribution < 1.29 is 64.4 Å². The van der Waals surface area contributed by atoms with Crippen LogP contribution in [-0.2, 0) is 15.1 Å². The summed E-state index contributed by atoms with van der Waals surface area (Å²) in [6, 6.07) is 17.9. The Bertz CT molecular complexity index is 2370. The SMILES string of the molecule is C[C@]12CC[C@@H]3c4ccc(OC(N)C(N)CC(=O)O)cc4C(=NO)C[C@H]3[C@@H]1C[C@@H](O)[C@@H]2O.O=C(O)c1cccc2c1C(=O)OC21c2ccc(O)cc2Oc2cc(O)ccc21. The van der Waals surface area contributed by atoms with E-state index in [1.165, 1.54) is 30.3 Å². The zero-order valence-electron chi connectivity index (χ0n) is 31.7. The number of carbonyl (C=O) groups excluding carboxylic acids is 1. The lowest BCUT2D eigenvalue weighted by Crippen LogP contribution is -2.47. The maximum absolute atomic E-state index is 12.8. The highest BCUT2D eigenvalue weighted by Gasteiger charge is 2.59. The van der Waals surface area contributed by atoms with Crippen LogP contribution in [0.4, 0.5) is 0 Å². The van der Waals surface area contributed by atoms with E-state index in [1.54, 1.807) is 36.4 Å².